The van der Waals surface area contributed by atoms with Crippen molar-refractivity contribution in [1.29, 1.82) is 0 Å². The average Bonchev–Trinajstić information content (AvgIpc) is 3.43. The molecule has 160 valence electrons. The molecule has 0 saturated carbocycles. The van der Waals surface area contributed by atoms with Crippen LogP contribution in [0.15, 0.2) is 64.3 Å². The number of ether oxygens (including phenoxy) is 1. The summed E-state index contributed by atoms with van der Waals surface area (Å²) in [5.41, 5.74) is 0.888. The van der Waals surface area contributed by atoms with Gasteiger partial charge in [-0.05, 0) is 30.7 Å². The fraction of sp³-hybridized carbons (Fsp3) is 0.273. The fourth-order valence-corrected chi connectivity index (χ4v) is 3.75. The molecule has 0 radical (unpaired) electrons. The molecule has 0 unspecified atom stereocenters. The van der Waals surface area contributed by atoms with Crippen LogP contribution in [0.3, 0.4) is 0 Å². The van der Waals surface area contributed by atoms with Gasteiger partial charge in [0.15, 0.2) is 28.4 Å². The maximum absolute atomic E-state index is 13.9. The van der Waals surface area contributed by atoms with Crippen molar-refractivity contribution in [2.24, 2.45) is 0 Å². The zero-order valence-electron chi connectivity index (χ0n) is 17.1. The summed E-state index contributed by atoms with van der Waals surface area (Å²) in [6, 6.07) is 16.0. The Bertz CT molecular complexity index is 1120. The molecule has 0 fully saturated rings. The SMILES string of the molecule is CCCCc1nc(CSc2nnc(COc3ccccc3F)n2-c2ccccc2)no1. The van der Waals surface area contributed by atoms with Gasteiger partial charge in [0.25, 0.3) is 0 Å². The van der Waals surface area contributed by atoms with Crippen molar-refractivity contribution < 1.29 is 13.7 Å². The van der Waals surface area contributed by atoms with Gasteiger partial charge in [-0.2, -0.15) is 4.98 Å². The van der Waals surface area contributed by atoms with Crippen molar-refractivity contribution >= 4 is 11.8 Å². The summed E-state index contributed by atoms with van der Waals surface area (Å²) >= 11 is 1.45. The second kappa shape index (κ2) is 10.2. The molecular formula is C22H22FN5O2S. The quantitative estimate of drug-likeness (QED) is 0.322. The van der Waals surface area contributed by atoms with Crippen molar-refractivity contribution in [2.75, 3.05) is 0 Å². The van der Waals surface area contributed by atoms with Gasteiger partial charge in [-0.15, -0.1) is 10.2 Å². The number of hydrogen-bond donors (Lipinski definition) is 0. The van der Waals surface area contributed by atoms with Gasteiger partial charge in [-0.1, -0.05) is 60.6 Å². The Morgan fingerprint density at radius 3 is 2.68 bits per heavy atom. The standard InChI is InChI=1S/C22H22FN5O2S/c1-2-3-13-21-24-19(27-30-21)15-31-22-26-25-20(28(22)16-9-5-4-6-10-16)14-29-18-12-8-7-11-17(18)23/h4-12H,2-3,13-15H2,1H3. The number of benzene rings is 2. The van der Waals surface area contributed by atoms with Crippen molar-refractivity contribution in [3.63, 3.8) is 0 Å². The Morgan fingerprint density at radius 2 is 1.87 bits per heavy atom. The van der Waals surface area contributed by atoms with Crippen LogP contribution in [0.5, 0.6) is 5.75 Å². The van der Waals surface area contributed by atoms with Gasteiger partial charge in [0.05, 0.1) is 5.75 Å². The van der Waals surface area contributed by atoms with Gasteiger partial charge in [-0.3, -0.25) is 4.57 Å². The summed E-state index contributed by atoms with van der Waals surface area (Å²) in [5, 5.41) is 13.3. The van der Waals surface area contributed by atoms with E-state index >= 15 is 0 Å². The number of unbranched alkanes of at least 4 members (excludes halogenated alkanes) is 1. The summed E-state index contributed by atoms with van der Waals surface area (Å²) in [4.78, 5) is 4.44. The molecule has 0 aliphatic heterocycles. The lowest BCUT2D eigenvalue weighted by molar-refractivity contribution is 0.278. The van der Waals surface area contributed by atoms with Crippen molar-refractivity contribution in [3.05, 3.63) is 78.0 Å². The zero-order valence-corrected chi connectivity index (χ0v) is 17.9. The molecule has 2 aromatic heterocycles. The van der Waals surface area contributed by atoms with Crippen LogP contribution in [0.25, 0.3) is 5.69 Å². The number of nitrogens with zero attached hydrogens (tertiary/aromatic N) is 5. The van der Waals surface area contributed by atoms with E-state index in [1.54, 1.807) is 18.2 Å². The molecule has 9 heteroatoms. The van der Waals surface area contributed by atoms with Crippen LogP contribution in [0.2, 0.25) is 0 Å². The van der Waals surface area contributed by atoms with E-state index in [0.717, 1.165) is 24.9 Å². The number of halogens is 1. The number of aromatic nitrogens is 5. The van der Waals surface area contributed by atoms with Crippen molar-refractivity contribution in [2.45, 2.75) is 43.7 Å². The molecule has 0 amide bonds. The highest BCUT2D eigenvalue weighted by Crippen LogP contribution is 2.26. The first-order valence-electron chi connectivity index (χ1n) is 10.1. The predicted octanol–water partition coefficient (Wildman–Crippen LogP) is 5.00. The lowest BCUT2D eigenvalue weighted by Crippen LogP contribution is -2.07. The number of rotatable bonds is 10. The molecule has 2 aromatic carbocycles. The van der Waals surface area contributed by atoms with Crippen LogP contribution < -0.4 is 4.74 Å². The second-order valence-corrected chi connectivity index (χ2v) is 7.73. The van der Waals surface area contributed by atoms with E-state index in [0.29, 0.717) is 28.4 Å². The summed E-state index contributed by atoms with van der Waals surface area (Å²) in [5.74, 6) is 2.08. The third-order valence-corrected chi connectivity index (χ3v) is 5.42. The molecule has 0 saturated heterocycles. The molecule has 0 aliphatic carbocycles. The van der Waals surface area contributed by atoms with Gasteiger partial charge in [-0.25, -0.2) is 4.39 Å². The smallest absolute Gasteiger partial charge is 0.226 e. The fourth-order valence-electron chi connectivity index (χ4n) is 2.94. The van der Waals surface area contributed by atoms with Gasteiger partial charge in [0.1, 0.15) is 6.61 Å². The van der Waals surface area contributed by atoms with Crippen LogP contribution in [-0.2, 0) is 18.8 Å². The van der Waals surface area contributed by atoms with Crippen LogP contribution in [0.4, 0.5) is 4.39 Å². The minimum absolute atomic E-state index is 0.0762. The van der Waals surface area contributed by atoms with E-state index < -0.39 is 5.82 Å². The third-order valence-electron chi connectivity index (χ3n) is 4.49. The lowest BCUT2D eigenvalue weighted by atomic mass is 10.2. The number of hydrogen-bond acceptors (Lipinski definition) is 7. The van der Waals surface area contributed by atoms with Crippen LogP contribution >= 0.6 is 11.8 Å². The maximum Gasteiger partial charge on any atom is 0.226 e. The highest BCUT2D eigenvalue weighted by molar-refractivity contribution is 7.98. The monoisotopic (exact) mass is 439 g/mol. The molecule has 2 heterocycles. The van der Waals surface area contributed by atoms with Gasteiger partial charge in [0.2, 0.25) is 5.89 Å². The topological polar surface area (TPSA) is 78.9 Å². The molecule has 0 N–H and O–H groups in total. The molecule has 0 spiro atoms. The molecule has 0 atom stereocenters. The van der Waals surface area contributed by atoms with Crippen molar-refractivity contribution in [1.82, 2.24) is 24.9 Å². The summed E-state index contributed by atoms with van der Waals surface area (Å²) in [6.07, 6.45) is 2.87. The first-order chi connectivity index (χ1) is 15.2. The van der Waals surface area contributed by atoms with E-state index in [4.69, 9.17) is 9.26 Å². The Labute approximate surface area is 183 Å². The molecule has 7 nitrogen and oxygen atoms in total. The first kappa shape index (κ1) is 21.0. The number of aryl methyl sites for hydroxylation is 1. The van der Waals surface area contributed by atoms with Crippen LogP contribution in [0.1, 0.15) is 37.3 Å². The Morgan fingerprint density at radius 1 is 1.06 bits per heavy atom. The van der Waals surface area contributed by atoms with Crippen LogP contribution in [-0.4, -0.2) is 24.9 Å². The summed E-state index contributed by atoms with van der Waals surface area (Å²) in [7, 11) is 0. The van der Waals surface area contributed by atoms with E-state index in [-0.39, 0.29) is 12.4 Å². The van der Waals surface area contributed by atoms with Gasteiger partial charge >= 0.3 is 0 Å². The highest BCUT2D eigenvalue weighted by Gasteiger charge is 2.17. The molecule has 0 bridgehead atoms. The Balaban J connectivity index is 1.52. The summed E-state index contributed by atoms with van der Waals surface area (Å²) in [6.45, 7) is 2.20. The van der Waals surface area contributed by atoms with E-state index in [1.165, 1.54) is 17.8 Å². The number of thioether (sulfide) groups is 1. The van der Waals surface area contributed by atoms with Gasteiger partial charge in [0, 0.05) is 12.1 Å². The number of para-hydroxylation sites is 2. The first-order valence-corrected chi connectivity index (χ1v) is 11.0. The molecule has 31 heavy (non-hydrogen) atoms. The molecule has 4 rings (SSSR count). The Hall–Kier alpha value is -3.20. The third kappa shape index (κ3) is 5.29. The van der Waals surface area contributed by atoms with E-state index in [2.05, 4.69) is 27.3 Å². The minimum atomic E-state index is -0.418. The predicted molar refractivity (Wildman–Crippen MR) is 115 cm³/mol. The molecule has 4 aromatic rings. The maximum atomic E-state index is 13.9. The normalized spacial score (nSPS) is 11.0. The Kier molecular flexibility index (Phi) is 6.93. The average molecular weight is 440 g/mol. The lowest BCUT2D eigenvalue weighted by Gasteiger charge is -2.11. The largest absolute Gasteiger partial charge is 0.483 e. The second-order valence-electron chi connectivity index (χ2n) is 6.79. The minimum Gasteiger partial charge on any atom is -0.483 e. The van der Waals surface area contributed by atoms with E-state index in [1.807, 2.05) is 34.9 Å². The zero-order chi connectivity index (χ0) is 21.5. The van der Waals surface area contributed by atoms with Crippen molar-refractivity contribution in [3.8, 4) is 11.4 Å². The van der Waals surface area contributed by atoms with Gasteiger partial charge < -0.3 is 9.26 Å². The van der Waals surface area contributed by atoms with E-state index in [9.17, 15) is 4.39 Å². The van der Waals surface area contributed by atoms with Crippen LogP contribution in [0, 0.1) is 5.82 Å². The molecule has 0 aliphatic rings. The summed E-state index contributed by atoms with van der Waals surface area (Å²) < 4.78 is 26.8. The highest BCUT2D eigenvalue weighted by atomic mass is 32.2. The molecular weight excluding hydrogens is 417 g/mol.